The summed E-state index contributed by atoms with van der Waals surface area (Å²) >= 11 is 0.973. The zero-order valence-electron chi connectivity index (χ0n) is 19.2. The number of benzene rings is 1. The molecule has 1 aromatic heterocycles. The molecule has 0 fully saturated rings. The molecule has 16 heteroatoms. The van der Waals surface area contributed by atoms with Gasteiger partial charge in [-0.3, -0.25) is 9.59 Å². The van der Waals surface area contributed by atoms with Crippen LogP contribution in [0.1, 0.15) is 27.9 Å². The number of rotatable bonds is 12. The number of sulfone groups is 1. The number of carbonyl (C=O) groups is 4. The molecule has 196 valence electrons. The summed E-state index contributed by atoms with van der Waals surface area (Å²) < 4.78 is 22.6. The number of aryl methyl sites for hydroxylation is 2. The van der Waals surface area contributed by atoms with Crippen molar-refractivity contribution in [2.75, 3.05) is 29.2 Å². The van der Waals surface area contributed by atoms with E-state index < -0.39 is 34.2 Å². The first-order valence-corrected chi connectivity index (χ1v) is 13.2. The summed E-state index contributed by atoms with van der Waals surface area (Å²) in [6.45, 7) is 1.23. The van der Waals surface area contributed by atoms with Gasteiger partial charge in [-0.2, -0.15) is 0 Å². The molecular weight excluding hydrogens is 516 g/mol. The lowest BCUT2D eigenvalue weighted by Crippen LogP contribution is -2.58. The van der Waals surface area contributed by atoms with Gasteiger partial charge in [-0.25, -0.2) is 13.4 Å². The third-order valence-electron chi connectivity index (χ3n) is 4.38. The summed E-state index contributed by atoms with van der Waals surface area (Å²) in [5.74, 6) is -1.08. The van der Waals surface area contributed by atoms with Crippen molar-refractivity contribution < 1.29 is 37.8 Å². The summed E-state index contributed by atoms with van der Waals surface area (Å²) in [5, 5.41) is 33.0. The quantitative estimate of drug-likeness (QED) is 0.190. The monoisotopic (exact) mass is 540 g/mol. The highest BCUT2D eigenvalue weighted by Gasteiger charge is 2.19. The van der Waals surface area contributed by atoms with Gasteiger partial charge in [0.2, 0.25) is 5.91 Å². The highest BCUT2D eigenvalue weighted by Crippen LogP contribution is 2.25. The molecule has 0 aliphatic rings. The Morgan fingerprint density at radius 3 is 2.17 bits per heavy atom. The predicted octanol–water partition coefficient (Wildman–Crippen LogP) is -1.78. The lowest BCUT2D eigenvalue weighted by Gasteiger charge is -2.24. The van der Waals surface area contributed by atoms with Crippen LogP contribution in [0.5, 0.6) is 0 Å². The van der Waals surface area contributed by atoms with Gasteiger partial charge < -0.3 is 46.4 Å². The second-order valence-corrected chi connectivity index (χ2v) is 10.8. The average Bonchev–Trinajstić information content (AvgIpc) is 3.13. The fourth-order valence-electron chi connectivity index (χ4n) is 2.87. The first-order chi connectivity index (χ1) is 16.8. The molecule has 0 bridgehead atoms. The van der Waals surface area contributed by atoms with E-state index in [-0.39, 0.29) is 28.2 Å². The van der Waals surface area contributed by atoms with Gasteiger partial charge in [0.25, 0.3) is 5.91 Å². The molecule has 0 unspecified atom stereocenters. The molecule has 0 saturated carbocycles. The molecule has 2 rings (SSSR count). The van der Waals surface area contributed by atoms with Crippen molar-refractivity contribution in [1.29, 1.82) is 0 Å². The fourth-order valence-corrected chi connectivity index (χ4v) is 4.32. The maximum atomic E-state index is 12.6. The van der Waals surface area contributed by atoms with E-state index in [1.807, 2.05) is 10.6 Å². The summed E-state index contributed by atoms with van der Waals surface area (Å²) in [6.07, 6.45) is -2.97. The topological polar surface area (TPSA) is 222 Å². The van der Waals surface area contributed by atoms with Gasteiger partial charge in [-0.15, -0.1) is 0 Å². The molecule has 1 heterocycles. The Morgan fingerprint density at radius 2 is 1.64 bits per heavy atom. The molecule has 0 radical (unpaired) electrons. The number of carboxylic acid groups (broad SMARTS) is 2. The minimum atomic E-state index is -3.25. The van der Waals surface area contributed by atoms with Crippen molar-refractivity contribution >= 4 is 56.0 Å². The van der Waals surface area contributed by atoms with Crippen LogP contribution in [-0.4, -0.2) is 62.2 Å². The van der Waals surface area contributed by atoms with E-state index in [2.05, 4.69) is 20.9 Å². The van der Waals surface area contributed by atoms with Gasteiger partial charge in [0.15, 0.2) is 11.4 Å². The minimum Gasteiger partial charge on any atom is -0.530 e. The largest absolute Gasteiger partial charge is 0.530 e. The van der Waals surface area contributed by atoms with Gasteiger partial charge in [-0.05, 0) is 30.5 Å². The fraction of sp³-hybridized carbons (Fsp3) is 0.350. The number of amides is 4. The molecule has 0 saturated heterocycles. The molecule has 0 spiro atoms. The Balaban J connectivity index is 2.08. The van der Waals surface area contributed by atoms with E-state index in [4.69, 9.17) is 0 Å². The summed E-state index contributed by atoms with van der Waals surface area (Å²) in [5.41, 5.74) is 1.62. The van der Waals surface area contributed by atoms with Crippen molar-refractivity contribution in [2.24, 2.45) is 0 Å². The average molecular weight is 541 g/mol. The number of thiazole rings is 1. The maximum absolute atomic E-state index is 12.6. The third-order valence-corrected chi connectivity index (χ3v) is 6.34. The van der Waals surface area contributed by atoms with E-state index >= 15 is 0 Å². The lowest BCUT2D eigenvalue weighted by molar-refractivity contribution is -0.255. The van der Waals surface area contributed by atoms with Crippen LogP contribution in [0.15, 0.2) is 24.3 Å². The van der Waals surface area contributed by atoms with Crippen molar-refractivity contribution in [2.45, 2.75) is 26.1 Å². The lowest BCUT2D eigenvalue weighted by atomic mass is 10.1. The number of hydrogen-bond donors (Lipinski definition) is 5. The zero-order chi connectivity index (χ0) is 26.9. The maximum Gasteiger partial charge on any atom is 0.263 e. The normalized spacial score (nSPS) is 11.0. The van der Waals surface area contributed by atoms with Crippen LogP contribution in [0.4, 0.5) is 20.4 Å². The van der Waals surface area contributed by atoms with Crippen LogP contribution in [0.3, 0.4) is 0 Å². The van der Waals surface area contributed by atoms with Crippen molar-refractivity contribution in [3.63, 3.8) is 0 Å². The van der Waals surface area contributed by atoms with Crippen LogP contribution >= 0.6 is 11.3 Å². The van der Waals surface area contributed by atoms with E-state index in [0.29, 0.717) is 24.2 Å². The number of nitrogens with one attached hydrogen (secondary N) is 5. The Bertz CT molecular complexity index is 1200. The Labute approximate surface area is 210 Å². The van der Waals surface area contributed by atoms with Crippen LogP contribution in [0, 0.1) is 0 Å². The third kappa shape index (κ3) is 10.1. The molecular formula is C20H24N6O8S2-2. The molecule has 14 nitrogen and oxygen atoms in total. The molecule has 0 aliphatic carbocycles. The summed E-state index contributed by atoms with van der Waals surface area (Å²) in [6, 6.07) is 6.56. The van der Waals surface area contributed by atoms with Gasteiger partial charge >= 0.3 is 0 Å². The second-order valence-electron chi connectivity index (χ2n) is 7.50. The van der Waals surface area contributed by atoms with Crippen LogP contribution < -0.4 is 36.8 Å². The van der Waals surface area contributed by atoms with Crippen molar-refractivity contribution in [3.05, 3.63) is 40.4 Å². The van der Waals surface area contributed by atoms with E-state index in [1.165, 1.54) is 6.92 Å². The van der Waals surface area contributed by atoms with Crippen molar-refractivity contribution in [3.8, 4) is 0 Å². The zero-order valence-corrected chi connectivity index (χ0v) is 20.9. The first-order valence-electron chi connectivity index (χ1n) is 10.4. The SMILES string of the molecule is CC(=O)Nc1nc(CCc2ccc(NC(NC(=O)[O-])NC(=O)[O-])cc2)c(C(=O)NCCS(C)(=O)=O)s1. The second kappa shape index (κ2) is 12.7. The number of hydrogen-bond acceptors (Lipinski definition) is 11. The number of anilines is 2. The molecule has 4 amide bonds. The smallest absolute Gasteiger partial charge is 0.263 e. The molecule has 0 atom stereocenters. The van der Waals surface area contributed by atoms with Crippen LogP contribution in [0.25, 0.3) is 0 Å². The molecule has 0 aliphatic heterocycles. The number of carbonyl (C=O) groups excluding carboxylic acids is 4. The molecule has 2 aromatic rings. The van der Waals surface area contributed by atoms with Crippen LogP contribution in [-0.2, 0) is 27.5 Å². The van der Waals surface area contributed by atoms with Gasteiger partial charge in [0.05, 0.1) is 11.4 Å². The number of nitrogens with zero attached hydrogens (tertiary/aromatic N) is 1. The van der Waals surface area contributed by atoms with Gasteiger partial charge in [-0.1, -0.05) is 23.5 Å². The summed E-state index contributed by atoms with van der Waals surface area (Å²) in [7, 11) is -3.25. The van der Waals surface area contributed by atoms with Gasteiger partial charge in [0.1, 0.15) is 26.9 Å². The van der Waals surface area contributed by atoms with E-state index in [9.17, 15) is 37.8 Å². The van der Waals surface area contributed by atoms with Crippen LogP contribution in [0.2, 0.25) is 0 Å². The minimum absolute atomic E-state index is 0.0699. The Morgan fingerprint density at radius 1 is 1.03 bits per heavy atom. The van der Waals surface area contributed by atoms with E-state index in [0.717, 1.165) is 23.2 Å². The van der Waals surface area contributed by atoms with Gasteiger partial charge in [0, 0.05) is 25.4 Å². The molecule has 1 aromatic carbocycles. The molecule has 5 N–H and O–H groups in total. The summed E-state index contributed by atoms with van der Waals surface area (Å²) in [4.78, 5) is 49.9. The highest BCUT2D eigenvalue weighted by atomic mass is 32.2. The van der Waals surface area contributed by atoms with E-state index in [1.54, 1.807) is 24.3 Å². The molecule has 36 heavy (non-hydrogen) atoms. The highest BCUT2D eigenvalue weighted by molar-refractivity contribution is 7.90. The number of aromatic nitrogens is 1. The Kier molecular flexibility index (Phi) is 9.98. The van der Waals surface area contributed by atoms with Crippen molar-refractivity contribution in [1.82, 2.24) is 20.9 Å². The standard InChI is InChI=1S/C20H26N6O8S2/c1-11(27)22-18-24-14(15(35-18)16(28)21-9-10-36(2,33)34)8-5-12-3-6-13(7-4-12)23-17(25-19(29)30)26-20(31)32/h3-4,6-7,17,23,25-26H,5,8-10H2,1-2H3,(H,21,28)(H,29,30)(H,31,32)(H,22,24,27)/p-2. The first kappa shape index (κ1) is 28.3. The predicted molar refractivity (Wildman–Crippen MR) is 127 cm³/mol. The Hall–Kier alpha value is -3.92.